The van der Waals surface area contributed by atoms with Crippen molar-refractivity contribution in [1.82, 2.24) is 4.31 Å². The van der Waals surface area contributed by atoms with E-state index in [1.165, 1.54) is 0 Å². The van der Waals surface area contributed by atoms with Gasteiger partial charge in [0.25, 0.3) is 0 Å². The van der Waals surface area contributed by atoms with Crippen molar-refractivity contribution in [3.05, 3.63) is 0 Å². The molecule has 0 aliphatic rings. The molecule has 0 unspecified atom stereocenters. The first-order chi connectivity index (χ1) is 4.19. The van der Waals surface area contributed by atoms with Gasteiger partial charge in [-0.2, -0.15) is 21.1 Å². The van der Waals surface area contributed by atoms with Gasteiger partial charge >= 0.3 is 18.1 Å². The summed E-state index contributed by atoms with van der Waals surface area (Å²) in [5.41, 5.74) is 0. The molecule has 0 aromatic carbocycles. The number of nitrogens with zero attached hydrogens (tertiary/aromatic N) is 1. The summed E-state index contributed by atoms with van der Waals surface area (Å²) in [5, 5.41) is 4.36. The Morgan fingerprint density at radius 1 is 1.10 bits per heavy atom. The molecule has 62 valence electrons. The van der Waals surface area contributed by atoms with Gasteiger partial charge in [-0.1, -0.05) is 0 Å². The number of hydrogen-bond donors (Lipinski definition) is 1. The summed E-state index contributed by atoms with van der Waals surface area (Å²) in [6.07, 6.45) is 0. The Balaban J connectivity index is 5.21. The Morgan fingerprint density at radius 2 is 1.40 bits per heavy atom. The summed E-state index contributed by atoms with van der Waals surface area (Å²) in [7, 11) is -6.67. The molecule has 0 atom stereocenters. The van der Waals surface area contributed by atoms with Crippen LogP contribution in [0.3, 0.4) is 0 Å². The van der Waals surface area contributed by atoms with Crippen LogP contribution < -0.4 is 5.14 Å². The van der Waals surface area contributed by atoms with Crippen LogP contribution >= 0.6 is 0 Å². The highest BCUT2D eigenvalue weighted by Gasteiger charge is 2.27. The Labute approximate surface area is 59.1 Å². The summed E-state index contributed by atoms with van der Waals surface area (Å²) in [5.74, 6) is 0. The average Bonchev–Trinajstić information content (AvgIpc) is 1.62. The zero-order chi connectivity index (χ0) is 8.58. The van der Waals surface area contributed by atoms with Crippen molar-refractivity contribution in [1.29, 1.82) is 0 Å². The molecule has 0 amide bonds. The van der Waals surface area contributed by atoms with Gasteiger partial charge in [0, 0.05) is 14.1 Å². The second kappa shape index (κ2) is 2.46. The van der Waals surface area contributed by atoms with Crippen molar-refractivity contribution in [2.75, 3.05) is 14.1 Å². The third kappa shape index (κ3) is 1.66. The summed E-state index contributed by atoms with van der Waals surface area (Å²) in [6, 6.07) is 0. The number of hydrogen-bond acceptors (Lipinski definition) is 4. The molecule has 0 fully saturated rings. The van der Waals surface area contributed by atoms with Gasteiger partial charge in [0.05, 0.1) is 0 Å². The van der Waals surface area contributed by atoms with Crippen LogP contribution in [0.25, 0.3) is 0 Å². The summed E-state index contributed by atoms with van der Waals surface area (Å²) < 4.78 is 42.1. The summed E-state index contributed by atoms with van der Waals surface area (Å²) >= 11 is 0. The van der Waals surface area contributed by atoms with Gasteiger partial charge in [-0.15, -0.1) is 0 Å². The fourth-order valence-corrected chi connectivity index (χ4v) is 1.87. The molecule has 0 aliphatic heterocycles. The first-order valence-corrected chi connectivity index (χ1v) is 5.65. The molecule has 0 heterocycles. The van der Waals surface area contributed by atoms with Gasteiger partial charge in [-0.25, -0.2) is 5.14 Å². The zero-order valence-electron chi connectivity index (χ0n) is 5.47. The molecule has 10 heavy (non-hydrogen) atoms. The predicted octanol–water partition coefficient (Wildman–Crippen LogP) is -1.92. The van der Waals surface area contributed by atoms with Crippen LogP contribution in [0.1, 0.15) is 0 Å². The van der Waals surface area contributed by atoms with Crippen LogP contribution in [0.15, 0.2) is 0 Å². The predicted molar refractivity (Wildman–Crippen MR) is 35.7 cm³/mol. The molecule has 0 aromatic heterocycles. The fraction of sp³-hybridized carbons (Fsp3) is 1.00. The number of rotatable bonds is 2. The van der Waals surface area contributed by atoms with Gasteiger partial charge in [0.1, 0.15) is 0 Å². The lowest BCUT2D eigenvalue weighted by molar-refractivity contribution is 0.527. The van der Waals surface area contributed by atoms with E-state index in [0.29, 0.717) is 4.31 Å². The molecule has 8 heteroatoms. The molecule has 0 aromatic rings. The van der Waals surface area contributed by atoms with E-state index >= 15 is 0 Å². The second-order valence-corrected chi connectivity index (χ2v) is 6.96. The van der Waals surface area contributed by atoms with Crippen LogP contribution in [0.5, 0.6) is 0 Å². The molecule has 0 bridgehead atoms. The molecule has 2 N–H and O–H groups in total. The third-order valence-corrected chi connectivity index (χ3v) is 4.88. The van der Waals surface area contributed by atoms with Gasteiger partial charge in [0.2, 0.25) is 0 Å². The quantitative estimate of drug-likeness (QED) is 0.511. The fourth-order valence-electron chi connectivity index (χ4n) is 0.208. The van der Waals surface area contributed by atoms with Crippen molar-refractivity contribution >= 4 is 18.1 Å². The second-order valence-electron chi connectivity index (χ2n) is 1.73. The molecule has 6 nitrogen and oxygen atoms in total. The Morgan fingerprint density at radius 3 is 1.40 bits per heavy atom. The molecule has 0 spiro atoms. The smallest absolute Gasteiger partial charge is 0.215 e. The Hall–Kier alpha value is -0.180. The topological polar surface area (TPSA) is 97.5 Å². The molecule has 0 rings (SSSR count). The average molecular weight is 188 g/mol. The van der Waals surface area contributed by atoms with E-state index in [9.17, 15) is 16.8 Å². The largest absolute Gasteiger partial charge is 0.332 e. The van der Waals surface area contributed by atoms with E-state index in [2.05, 4.69) is 5.14 Å². The highest BCUT2D eigenvalue weighted by molar-refractivity contribution is 8.65. The minimum atomic E-state index is -4.50. The van der Waals surface area contributed by atoms with Crippen molar-refractivity contribution in [2.24, 2.45) is 5.14 Å². The lowest BCUT2D eigenvalue weighted by atomic mass is 11.3. The number of nitrogens with two attached hydrogens (primary N) is 1. The SMILES string of the molecule is CN(C)S(=O)(=O)S(N)(=O)=O. The molecule has 0 saturated heterocycles. The van der Waals surface area contributed by atoms with Crippen molar-refractivity contribution in [3.8, 4) is 0 Å². The van der Waals surface area contributed by atoms with E-state index < -0.39 is 18.1 Å². The van der Waals surface area contributed by atoms with E-state index in [0.717, 1.165) is 14.1 Å². The highest BCUT2D eigenvalue weighted by Crippen LogP contribution is 1.98. The summed E-state index contributed by atoms with van der Waals surface area (Å²) in [6.45, 7) is 0. The molecule has 0 aliphatic carbocycles. The van der Waals surface area contributed by atoms with E-state index in [1.54, 1.807) is 0 Å². The lowest BCUT2D eigenvalue weighted by Crippen LogP contribution is -2.34. The highest BCUT2D eigenvalue weighted by atomic mass is 33.2. The first-order valence-electron chi connectivity index (χ1n) is 2.15. The molecular weight excluding hydrogens is 180 g/mol. The maximum atomic E-state index is 10.6. The van der Waals surface area contributed by atoms with Gasteiger partial charge in [-0.3, -0.25) is 0 Å². The van der Waals surface area contributed by atoms with Crippen LogP contribution in [-0.2, 0) is 18.1 Å². The van der Waals surface area contributed by atoms with Crippen LogP contribution in [0.2, 0.25) is 0 Å². The molecule has 0 saturated carbocycles. The van der Waals surface area contributed by atoms with Crippen LogP contribution in [-0.4, -0.2) is 35.2 Å². The van der Waals surface area contributed by atoms with Crippen molar-refractivity contribution in [3.63, 3.8) is 0 Å². The standard InChI is InChI=1S/C2H8N2O4S2/c1-4(2)10(7,8)9(3,5)6/h1-2H3,(H2,3,5,6). The lowest BCUT2D eigenvalue weighted by Gasteiger charge is -2.06. The normalized spacial score (nSPS) is 14.0. The van der Waals surface area contributed by atoms with E-state index in [1.807, 2.05) is 0 Å². The minimum absolute atomic E-state index is 0.530. The van der Waals surface area contributed by atoms with Crippen molar-refractivity contribution in [2.45, 2.75) is 0 Å². The van der Waals surface area contributed by atoms with Crippen LogP contribution in [0.4, 0.5) is 0 Å². The molecule has 0 radical (unpaired) electrons. The van der Waals surface area contributed by atoms with E-state index in [-0.39, 0.29) is 0 Å². The maximum absolute atomic E-state index is 10.6. The van der Waals surface area contributed by atoms with Gasteiger partial charge in [-0.05, 0) is 0 Å². The van der Waals surface area contributed by atoms with Gasteiger partial charge in [0.15, 0.2) is 0 Å². The maximum Gasteiger partial charge on any atom is 0.332 e. The van der Waals surface area contributed by atoms with E-state index in [4.69, 9.17) is 0 Å². The Bertz CT molecular complexity index is 298. The first kappa shape index (κ1) is 9.82. The monoisotopic (exact) mass is 188 g/mol. The van der Waals surface area contributed by atoms with Crippen LogP contribution in [0, 0.1) is 0 Å². The third-order valence-electron chi connectivity index (χ3n) is 0.741. The zero-order valence-corrected chi connectivity index (χ0v) is 7.11. The van der Waals surface area contributed by atoms with Gasteiger partial charge < -0.3 is 0 Å². The minimum Gasteiger partial charge on any atom is -0.215 e. The molecular formula is C2H8N2O4S2. The van der Waals surface area contributed by atoms with Crippen molar-refractivity contribution < 1.29 is 16.8 Å². The summed E-state index contributed by atoms with van der Waals surface area (Å²) in [4.78, 5) is 0. The Kier molecular flexibility index (Phi) is 2.41.